The summed E-state index contributed by atoms with van der Waals surface area (Å²) in [4.78, 5) is 14.1. The number of nitrogens with two attached hydrogens (primary N) is 1. The van der Waals surface area contributed by atoms with E-state index in [1.807, 2.05) is 16.7 Å². The molecular weight excluding hydrogens is 248 g/mol. The highest BCUT2D eigenvalue weighted by molar-refractivity contribution is 8.00. The summed E-state index contributed by atoms with van der Waals surface area (Å²) < 4.78 is 1.87. The van der Waals surface area contributed by atoms with Gasteiger partial charge in [0.2, 0.25) is 5.91 Å². The number of rotatable bonds is 2. The summed E-state index contributed by atoms with van der Waals surface area (Å²) in [6, 6.07) is 0. The zero-order valence-electron chi connectivity index (χ0n) is 10.9. The molecule has 2 N–H and O–H groups in total. The van der Waals surface area contributed by atoms with Crippen molar-refractivity contribution >= 4 is 23.4 Å². The molecule has 0 saturated carbocycles. The van der Waals surface area contributed by atoms with Gasteiger partial charge in [0.25, 0.3) is 0 Å². The van der Waals surface area contributed by atoms with Gasteiger partial charge in [-0.2, -0.15) is 16.9 Å². The molecule has 2 heterocycles. The Balaban J connectivity index is 1.93. The number of hydrogen-bond donors (Lipinski definition) is 1. The molecule has 1 saturated heterocycles. The first-order chi connectivity index (χ1) is 8.46. The first-order valence-corrected chi connectivity index (χ1v) is 7.14. The zero-order valence-corrected chi connectivity index (χ0v) is 11.7. The molecule has 100 valence electrons. The molecule has 18 heavy (non-hydrogen) atoms. The van der Waals surface area contributed by atoms with E-state index in [1.165, 1.54) is 0 Å². The lowest BCUT2D eigenvalue weighted by atomic mass is 10.1. The molecule has 0 aromatic carbocycles. The first-order valence-electron chi connectivity index (χ1n) is 6.16. The fourth-order valence-corrected chi connectivity index (χ4v) is 3.07. The van der Waals surface area contributed by atoms with Crippen LogP contribution in [0.25, 0.3) is 0 Å². The Morgan fingerprint density at radius 1 is 1.56 bits per heavy atom. The van der Waals surface area contributed by atoms with Gasteiger partial charge in [0.15, 0.2) is 0 Å². The minimum absolute atomic E-state index is 0.122. The van der Waals surface area contributed by atoms with E-state index in [1.54, 1.807) is 17.1 Å². The van der Waals surface area contributed by atoms with Crippen molar-refractivity contribution < 1.29 is 4.79 Å². The second kappa shape index (κ2) is 5.22. The minimum atomic E-state index is 0.122. The second-order valence-corrected chi connectivity index (χ2v) is 7.01. The summed E-state index contributed by atoms with van der Waals surface area (Å²) >= 11 is 1.94. The largest absolute Gasteiger partial charge is 0.396 e. The molecule has 1 aromatic rings. The fourth-order valence-electron chi connectivity index (χ4n) is 1.97. The van der Waals surface area contributed by atoms with Gasteiger partial charge in [-0.25, -0.2) is 0 Å². The summed E-state index contributed by atoms with van der Waals surface area (Å²) in [5.74, 6) is 1.12. The summed E-state index contributed by atoms with van der Waals surface area (Å²) in [6.07, 6.45) is 4.29. The number of carbonyl (C=O) groups is 1. The quantitative estimate of drug-likeness (QED) is 0.875. The molecule has 0 bridgehead atoms. The highest BCUT2D eigenvalue weighted by Gasteiger charge is 2.25. The Kier molecular flexibility index (Phi) is 3.85. The third-order valence-corrected chi connectivity index (χ3v) is 4.51. The van der Waals surface area contributed by atoms with E-state index in [4.69, 9.17) is 5.73 Å². The number of nitrogens with zero attached hydrogens (tertiary/aromatic N) is 3. The van der Waals surface area contributed by atoms with Gasteiger partial charge in [0, 0.05) is 29.8 Å². The third-order valence-electron chi connectivity index (χ3n) is 3.14. The van der Waals surface area contributed by atoms with Gasteiger partial charge in [-0.05, 0) is 6.42 Å². The highest BCUT2D eigenvalue weighted by atomic mass is 32.2. The van der Waals surface area contributed by atoms with Gasteiger partial charge in [-0.3, -0.25) is 9.48 Å². The van der Waals surface area contributed by atoms with E-state index in [2.05, 4.69) is 18.9 Å². The molecule has 0 atom stereocenters. The van der Waals surface area contributed by atoms with Crippen molar-refractivity contribution in [2.75, 3.05) is 24.6 Å². The average molecular weight is 268 g/mol. The summed E-state index contributed by atoms with van der Waals surface area (Å²) in [5.41, 5.74) is 6.17. The van der Waals surface area contributed by atoms with E-state index in [0.29, 0.717) is 5.69 Å². The van der Waals surface area contributed by atoms with Crippen LogP contribution in [0.3, 0.4) is 0 Å². The molecule has 2 rings (SSSR count). The molecule has 0 spiro atoms. The van der Waals surface area contributed by atoms with Crippen LogP contribution in [0, 0.1) is 0 Å². The average Bonchev–Trinajstić information content (AvgIpc) is 2.58. The molecule has 1 aromatic heterocycles. The summed E-state index contributed by atoms with van der Waals surface area (Å²) in [6.45, 7) is 6.40. The fraction of sp³-hybridized carbons (Fsp3) is 0.667. The molecule has 0 radical (unpaired) electrons. The predicted octanol–water partition coefficient (Wildman–Crippen LogP) is 1.21. The number of amides is 1. The minimum Gasteiger partial charge on any atom is -0.396 e. The van der Waals surface area contributed by atoms with Gasteiger partial charge in [-0.1, -0.05) is 13.8 Å². The lowest BCUT2D eigenvalue weighted by Crippen LogP contribution is -2.36. The van der Waals surface area contributed by atoms with Crippen molar-refractivity contribution in [1.29, 1.82) is 0 Å². The maximum atomic E-state index is 12.2. The molecular formula is C12H20N4OS. The molecule has 6 heteroatoms. The Morgan fingerprint density at radius 3 is 3.00 bits per heavy atom. The molecule has 1 aliphatic heterocycles. The Labute approximate surface area is 112 Å². The van der Waals surface area contributed by atoms with Gasteiger partial charge in [-0.15, -0.1) is 0 Å². The monoisotopic (exact) mass is 268 g/mol. The number of carbonyl (C=O) groups excluding carboxylic acids is 1. The lowest BCUT2D eigenvalue weighted by Gasteiger charge is -2.22. The molecule has 0 unspecified atom stereocenters. The smallest absolute Gasteiger partial charge is 0.244 e. The first kappa shape index (κ1) is 13.3. The second-order valence-electron chi connectivity index (χ2n) is 5.21. The lowest BCUT2D eigenvalue weighted by molar-refractivity contribution is -0.131. The maximum absolute atomic E-state index is 12.2. The molecule has 0 aliphatic carbocycles. The summed E-state index contributed by atoms with van der Waals surface area (Å²) in [5, 5.41) is 4.04. The number of hydrogen-bond acceptors (Lipinski definition) is 4. The van der Waals surface area contributed by atoms with Gasteiger partial charge in [0.05, 0.1) is 11.9 Å². The Hall–Kier alpha value is -1.17. The van der Waals surface area contributed by atoms with Crippen molar-refractivity contribution in [3.63, 3.8) is 0 Å². The van der Waals surface area contributed by atoms with Crippen LogP contribution in [-0.2, 0) is 11.3 Å². The van der Waals surface area contributed by atoms with Crippen LogP contribution >= 0.6 is 11.8 Å². The molecule has 5 nitrogen and oxygen atoms in total. The van der Waals surface area contributed by atoms with Crippen LogP contribution in [0.15, 0.2) is 12.4 Å². The number of thioether (sulfide) groups is 1. The van der Waals surface area contributed by atoms with Crippen LogP contribution in [-0.4, -0.2) is 44.2 Å². The highest BCUT2D eigenvalue weighted by Crippen LogP contribution is 2.30. The van der Waals surface area contributed by atoms with E-state index >= 15 is 0 Å². The van der Waals surface area contributed by atoms with Crippen LogP contribution < -0.4 is 5.73 Å². The van der Waals surface area contributed by atoms with Gasteiger partial charge >= 0.3 is 0 Å². The Bertz CT molecular complexity index is 429. The number of aromatic nitrogens is 2. The maximum Gasteiger partial charge on any atom is 0.244 e. The third kappa shape index (κ3) is 3.41. The normalized spacial score (nSPS) is 19.6. The van der Waals surface area contributed by atoms with Gasteiger partial charge in [0.1, 0.15) is 6.54 Å². The molecule has 1 aliphatic rings. The topological polar surface area (TPSA) is 64.2 Å². The van der Waals surface area contributed by atoms with E-state index < -0.39 is 0 Å². The van der Waals surface area contributed by atoms with Crippen molar-refractivity contribution in [3.8, 4) is 0 Å². The predicted molar refractivity (Wildman–Crippen MR) is 74.4 cm³/mol. The molecule has 1 amide bonds. The SMILES string of the molecule is CC1(C)CCN(C(=O)Cn2cc(N)cn2)CCS1. The van der Waals surface area contributed by atoms with Crippen LogP contribution in [0.4, 0.5) is 5.69 Å². The summed E-state index contributed by atoms with van der Waals surface area (Å²) in [7, 11) is 0. The van der Waals surface area contributed by atoms with Crippen molar-refractivity contribution in [3.05, 3.63) is 12.4 Å². The van der Waals surface area contributed by atoms with E-state index in [0.717, 1.165) is 25.3 Å². The standard InChI is InChI=1S/C12H20N4OS/c1-12(2)3-4-15(5-6-18-12)11(17)9-16-8-10(13)7-14-16/h7-8H,3-6,9,13H2,1-2H3. The van der Waals surface area contributed by atoms with Crippen LogP contribution in [0.2, 0.25) is 0 Å². The van der Waals surface area contributed by atoms with Crippen molar-refractivity contribution in [2.45, 2.75) is 31.6 Å². The van der Waals surface area contributed by atoms with E-state index in [9.17, 15) is 4.79 Å². The molecule has 1 fully saturated rings. The van der Waals surface area contributed by atoms with Crippen LogP contribution in [0.1, 0.15) is 20.3 Å². The Morgan fingerprint density at radius 2 is 2.33 bits per heavy atom. The van der Waals surface area contributed by atoms with Crippen molar-refractivity contribution in [1.82, 2.24) is 14.7 Å². The van der Waals surface area contributed by atoms with E-state index in [-0.39, 0.29) is 17.2 Å². The van der Waals surface area contributed by atoms with Crippen LogP contribution in [0.5, 0.6) is 0 Å². The number of anilines is 1. The zero-order chi connectivity index (χ0) is 13.2. The number of nitrogen functional groups attached to an aromatic ring is 1. The van der Waals surface area contributed by atoms with Crippen molar-refractivity contribution in [2.24, 2.45) is 0 Å². The van der Waals surface area contributed by atoms with Gasteiger partial charge < -0.3 is 10.6 Å².